The molecule has 1 aliphatic rings. The zero-order valence-electron chi connectivity index (χ0n) is 6.28. The van der Waals surface area contributed by atoms with Gasteiger partial charge < -0.3 is 0 Å². The molecule has 51 valence electrons. The third-order valence-corrected chi connectivity index (χ3v) is 1.85. The molecule has 1 radical (unpaired) electrons. The van der Waals surface area contributed by atoms with Crippen LogP contribution in [0.4, 0.5) is 0 Å². The third-order valence-electron chi connectivity index (χ3n) is 1.85. The highest BCUT2D eigenvalue weighted by Crippen LogP contribution is 2.14. The topological polar surface area (TPSA) is 14.1 Å². The van der Waals surface area contributed by atoms with Crippen molar-refractivity contribution in [3.63, 3.8) is 0 Å². The van der Waals surface area contributed by atoms with E-state index in [1.165, 1.54) is 18.4 Å². The van der Waals surface area contributed by atoms with Crippen LogP contribution in [0.2, 0.25) is 0 Å². The minimum Gasteiger partial charge on any atom is -0.241 e. The SMILES string of the molecule is CC(C)=C1CC[N]CC1. The first-order chi connectivity index (χ1) is 4.30. The van der Waals surface area contributed by atoms with Crippen molar-refractivity contribution >= 4 is 0 Å². The van der Waals surface area contributed by atoms with Crippen LogP contribution in [-0.4, -0.2) is 13.1 Å². The van der Waals surface area contributed by atoms with E-state index in [-0.39, 0.29) is 0 Å². The molecule has 1 heterocycles. The van der Waals surface area contributed by atoms with Gasteiger partial charge in [-0.1, -0.05) is 11.1 Å². The molecule has 1 aliphatic heterocycles. The van der Waals surface area contributed by atoms with Crippen LogP contribution in [0, 0.1) is 0 Å². The first-order valence-electron chi connectivity index (χ1n) is 3.59. The van der Waals surface area contributed by atoms with Gasteiger partial charge >= 0.3 is 0 Å². The molecule has 1 fully saturated rings. The lowest BCUT2D eigenvalue weighted by atomic mass is 10.0. The fourth-order valence-corrected chi connectivity index (χ4v) is 1.16. The van der Waals surface area contributed by atoms with Crippen molar-refractivity contribution in [3.8, 4) is 0 Å². The molecule has 1 heteroatoms. The normalized spacial score (nSPS) is 20.0. The molecule has 0 aromatic carbocycles. The highest BCUT2D eigenvalue weighted by molar-refractivity contribution is 5.11. The lowest BCUT2D eigenvalue weighted by molar-refractivity contribution is 0.593. The minimum atomic E-state index is 1.06. The standard InChI is InChI=1S/C8H14N/c1-7(2)8-3-5-9-6-4-8/h3-6H2,1-2H3. The second-order valence-corrected chi connectivity index (χ2v) is 2.77. The summed E-state index contributed by atoms with van der Waals surface area (Å²) >= 11 is 0. The summed E-state index contributed by atoms with van der Waals surface area (Å²) in [5.41, 5.74) is 3.13. The van der Waals surface area contributed by atoms with Gasteiger partial charge in [0.05, 0.1) is 0 Å². The van der Waals surface area contributed by atoms with Crippen LogP contribution in [0.5, 0.6) is 0 Å². The fourth-order valence-electron chi connectivity index (χ4n) is 1.16. The summed E-state index contributed by atoms with van der Waals surface area (Å²) in [6, 6.07) is 0. The van der Waals surface area contributed by atoms with Crippen molar-refractivity contribution < 1.29 is 0 Å². The minimum absolute atomic E-state index is 1.06. The zero-order valence-corrected chi connectivity index (χ0v) is 6.28. The van der Waals surface area contributed by atoms with E-state index in [0.717, 1.165) is 13.1 Å². The summed E-state index contributed by atoms with van der Waals surface area (Å²) in [6.07, 6.45) is 2.42. The Hall–Kier alpha value is -0.300. The number of hydrogen-bond donors (Lipinski definition) is 0. The number of nitrogens with zero attached hydrogens (tertiary/aromatic N) is 1. The van der Waals surface area contributed by atoms with E-state index in [1.54, 1.807) is 5.57 Å². The average Bonchev–Trinajstić information content (AvgIpc) is 1.90. The van der Waals surface area contributed by atoms with E-state index < -0.39 is 0 Å². The fraction of sp³-hybridized carbons (Fsp3) is 0.750. The maximum absolute atomic E-state index is 4.28. The molecule has 1 saturated heterocycles. The molecule has 0 atom stereocenters. The van der Waals surface area contributed by atoms with Gasteiger partial charge in [-0.3, -0.25) is 0 Å². The Morgan fingerprint density at radius 2 is 1.78 bits per heavy atom. The van der Waals surface area contributed by atoms with E-state index in [2.05, 4.69) is 19.2 Å². The van der Waals surface area contributed by atoms with Crippen molar-refractivity contribution in [2.75, 3.05) is 13.1 Å². The van der Waals surface area contributed by atoms with Crippen LogP contribution < -0.4 is 5.32 Å². The Morgan fingerprint density at radius 1 is 1.22 bits per heavy atom. The van der Waals surface area contributed by atoms with Gasteiger partial charge in [-0.25, -0.2) is 5.32 Å². The molecule has 0 bridgehead atoms. The Bertz CT molecular complexity index is 113. The van der Waals surface area contributed by atoms with Gasteiger partial charge in [0, 0.05) is 13.1 Å². The molecule has 1 rings (SSSR count). The van der Waals surface area contributed by atoms with E-state index in [0.29, 0.717) is 0 Å². The molecule has 0 aromatic rings. The number of piperidine rings is 1. The Balaban J connectivity index is 2.49. The highest BCUT2D eigenvalue weighted by atomic mass is 14.9. The predicted molar refractivity (Wildman–Crippen MR) is 39.5 cm³/mol. The summed E-state index contributed by atoms with van der Waals surface area (Å²) in [4.78, 5) is 0. The Morgan fingerprint density at radius 3 is 2.11 bits per heavy atom. The van der Waals surface area contributed by atoms with E-state index in [4.69, 9.17) is 0 Å². The monoisotopic (exact) mass is 124 g/mol. The van der Waals surface area contributed by atoms with Gasteiger partial charge in [0.15, 0.2) is 0 Å². The van der Waals surface area contributed by atoms with Crippen LogP contribution in [0.3, 0.4) is 0 Å². The quantitative estimate of drug-likeness (QED) is 0.436. The summed E-state index contributed by atoms with van der Waals surface area (Å²) < 4.78 is 0. The van der Waals surface area contributed by atoms with E-state index in [1.807, 2.05) is 0 Å². The van der Waals surface area contributed by atoms with E-state index in [9.17, 15) is 0 Å². The second-order valence-electron chi connectivity index (χ2n) is 2.77. The maximum Gasteiger partial charge on any atom is 0.0170 e. The lowest BCUT2D eigenvalue weighted by Crippen LogP contribution is -2.16. The zero-order chi connectivity index (χ0) is 6.69. The van der Waals surface area contributed by atoms with Crippen molar-refractivity contribution in [2.24, 2.45) is 0 Å². The molecule has 0 saturated carbocycles. The highest BCUT2D eigenvalue weighted by Gasteiger charge is 2.05. The van der Waals surface area contributed by atoms with Gasteiger partial charge in [0.1, 0.15) is 0 Å². The smallest absolute Gasteiger partial charge is 0.0170 e. The molecule has 0 unspecified atom stereocenters. The molecule has 1 nitrogen and oxygen atoms in total. The molecule has 0 aromatic heterocycles. The molecule has 0 spiro atoms. The largest absolute Gasteiger partial charge is 0.241 e. The molecular weight excluding hydrogens is 110 g/mol. The van der Waals surface area contributed by atoms with Crippen molar-refractivity contribution in [1.29, 1.82) is 0 Å². The average molecular weight is 124 g/mol. The van der Waals surface area contributed by atoms with Gasteiger partial charge in [0.25, 0.3) is 0 Å². The Kier molecular flexibility index (Phi) is 2.29. The second kappa shape index (κ2) is 3.02. The van der Waals surface area contributed by atoms with Crippen LogP contribution in [-0.2, 0) is 0 Å². The van der Waals surface area contributed by atoms with Crippen LogP contribution in [0.25, 0.3) is 0 Å². The van der Waals surface area contributed by atoms with Crippen molar-refractivity contribution in [3.05, 3.63) is 11.1 Å². The predicted octanol–water partition coefficient (Wildman–Crippen LogP) is 1.72. The van der Waals surface area contributed by atoms with Gasteiger partial charge in [-0.2, -0.15) is 0 Å². The molecule has 0 N–H and O–H groups in total. The third kappa shape index (κ3) is 1.83. The van der Waals surface area contributed by atoms with Gasteiger partial charge in [0.2, 0.25) is 0 Å². The van der Waals surface area contributed by atoms with Crippen LogP contribution in [0.1, 0.15) is 26.7 Å². The van der Waals surface area contributed by atoms with E-state index >= 15 is 0 Å². The summed E-state index contributed by atoms with van der Waals surface area (Å²) in [6.45, 7) is 6.50. The summed E-state index contributed by atoms with van der Waals surface area (Å²) in [7, 11) is 0. The molecule has 9 heavy (non-hydrogen) atoms. The summed E-state index contributed by atoms with van der Waals surface area (Å²) in [5, 5.41) is 4.28. The van der Waals surface area contributed by atoms with Gasteiger partial charge in [-0.05, 0) is 26.7 Å². The Labute approximate surface area is 57.1 Å². The van der Waals surface area contributed by atoms with Crippen LogP contribution in [0.15, 0.2) is 11.1 Å². The number of rotatable bonds is 0. The summed E-state index contributed by atoms with van der Waals surface area (Å²) in [5.74, 6) is 0. The van der Waals surface area contributed by atoms with Crippen molar-refractivity contribution in [2.45, 2.75) is 26.7 Å². The first-order valence-corrected chi connectivity index (χ1v) is 3.59. The molecule has 0 aliphatic carbocycles. The maximum atomic E-state index is 4.28. The molecular formula is C8H14N. The van der Waals surface area contributed by atoms with Crippen LogP contribution >= 0.6 is 0 Å². The van der Waals surface area contributed by atoms with Crippen molar-refractivity contribution in [1.82, 2.24) is 5.32 Å². The molecule has 0 amide bonds. The lowest BCUT2D eigenvalue weighted by Gasteiger charge is -2.14. The number of allylic oxidation sites excluding steroid dienone is 1. The van der Waals surface area contributed by atoms with Gasteiger partial charge in [-0.15, -0.1) is 0 Å². The first kappa shape index (κ1) is 6.81. The number of hydrogen-bond acceptors (Lipinski definition) is 0.